The van der Waals surface area contributed by atoms with Gasteiger partial charge in [-0.1, -0.05) is 23.7 Å². The molecule has 26 heavy (non-hydrogen) atoms. The Morgan fingerprint density at radius 2 is 1.81 bits per heavy atom. The Morgan fingerprint density at radius 1 is 1.04 bits per heavy atom. The van der Waals surface area contributed by atoms with Gasteiger partial charge in [0.1, 0.15) is 28.5 Å². The van der Waals surface area contributed by atoms with Crippen molar-refractivity contribution >= 4 is 33.2 Å². The maximum absolute atomic E-state index is 13.4. The molecule has 2 heterocycles. The van der Waals surface area contributed by atoms with Crippen LogP contribution in [0.5, 0.6) is 17.4 Å². The Bertz CT molecular complexity index is 1080. The summed E-state index contributed by atoms with van der Waals surface area (Å²) in [6, 6.07) is 11.9. The Labute approximate surface area is 157 Å². The van der Waals surface area contributed by atoms with E-state index in [2.05, 4.69) is 9.97 Å². The number of ether oxygens (including phenoxy) is 2. The molecule has 0 bridgehead atoms. The topological polar surface area (TPSA) is 44.2 Å². The van der Waals surface area contributed by atoms with Gasteiger partial charge in [0.2, 0.25) is 5.88 Å². The van der Waals surface area contributed by atoms with Gasteiger partial charge in [-0.25, -0.2) is 14.4 Å². The predicted molar refractivity (Wildman–Crippen MR) is 101 cm³/mol. The molecule has 7 heteroatoms. The summed E-state index contributed by atoms with van der Waals surface area (Å²) in [7, 11) is 1.63. The smallest absolute Gasteiger partial charge is 0.231 e. The highest BCUT2D eigenvalue weighted by molar-refractivity contribution is 7.17. The van der Waals surface area contributed by atoms with Gasteiger partial charge in [-0.3, -0.25) is 0 Å². The highest BCUT2D eigenvalue weighted by Crippen LogP contribution is 2.39. The quantitative estimate of drug-likeness (QED) is 0.434. The standard InChI is InChI=1S/C19H12ClFN2O2S/c1-24-12-4-2-11(3-5-12)14-9-26-19-17(14)18(22-10-23-19)25-13-6-7-16(21)15(20)8-13/h2-10H,1H3. The van der Waals surface area contributed by atoms with E-state index in [-0.39, 0.29) is 5.02 Å². The number of hydrogen-bond donors (Lipinski definition) is 0. The first-order chi connectivity index (χ1) is 12.7. The van der Waals surface area contributed by atoms with E-state index < -0.39 is 5.82 Å². The summed E-state index contributed by atoms with van der Waals surface area (Å²) in [6.07, 6.45) is 1.44. The third-order valence-corrected chi connectivity index (χ3v) is 5.02. The molecule has 0 saturated carbocycles. The van der Waals surface area contributed by atoms with Crippen LogP contribution in [0.2, 0.25) is 5.02 Å². The predicted octanol–water partition coefficient (Wildman–Crippen LogP) is 5.95. The molecule has 0 aliphatic rings. The molecule has 4 nitrogen and oxygen atoms in total. The second-order valence-corrected chi connectivity index (χ2v) is 6.68. The molecule has 0 atom stereocenters. The van der Waals surface area contributed by atoms with Crippen molar-refractivity contribution in [2.45, 2.75) is 0 Å². The SMILES string of the molecule is COc1ccc(-c2csc3ncnc(Oc4ccc(F)c(Cl)c4)c23)cc1. The van der Waals surface area contributed by atoms with Crippen molar-refractivity contribution in [1.29, 1.82) is 0 Å². The molecule has 0 unspecified atom stereocenters. The fourth-order valence-electron chi connectivity index (χ4n) is 2.56. The van der Waals surface area contributed by atoms with Gasteiger partial charge in [0.25, 0.3) is 0 Å². The van der Waals surface area contributed by atoms with E-state index in [0.29, 0.717) is 11.6 Å². The molecule has 0 N–H and O–H groups in total. The van der Waals surface area contributed by atoms with E-state index in [1.807, 2.05) is 29.6 Å². The number of methoxy groups -OCH3 is 1. The van der Waals surface area contributed by atoms with Crippen molar-refractivity contribution < 1.29 is 13.9 Å². The molecule has 0 saturated heterocycles. The lowest BCUT2D eigenvalue weighted by Crippen LogP contribution is -1.91. The molecule has 130 valence electrons. The minimum Gasteiger partial charge on any atom is -0.497 e. The molecule has 4 aromatic rings. The van der Waals surface area contributed by atoms with Crippen molar-refractivity contribution in [2.24, 2.45) is 0 Å². The first kappa shape index (κ1) is 16.8. The zero-order chi connectivity index (χ0) is 18.1. The van der Waals surface area contributed by atoms with E-state index in [1.54, 1.807) is 7.11 Å². The normalized spacial score (nSPS) is 10.9. The Hall–Kier alpha value is -2.70. The van der Waals surface area contributed by atoms with Gasteiger partial charge in [-0.2, -0.15) is 0 Å². The first-order valence-corrected chi connectivity index (χ1v) is 8.91. The average Bonchev–Trinajstić information content (AvgIpc) is 3.10. The van der Waals surface area contributed by atoms with Crippen LogP contribution in [0.4, 0.5) is 4.39 Å². The lowest BCUT2D eigenvalue weighted by molar-refractivity contribution is 0.415. The van der Waals surface area contributed by atoms with E-state index >= 15 is 0 Å². The number of aromatic nitrogens is 2. The largest absolute Gasteiger partial charge is 0.497 e. The van der Waals surface area contributed by atoms with Crippen LogP contribution in [-0.2, 0) is 0 Å². The molecule has 2 aromatic carbocycles. The number of hydrogen-bond acceptors (Lipinski definition) is 5. The fourth-order valence-corrected chi connectivity index (χ4v) is 3.64. The highest BCUT2D eigenvalue weighted by Gasteiger charge is 2.15. The highest BCUT2D eigenvalue weighted by atomic mass is 35.5. The minimum absolute atomic E-state index is 0.00602. The van der Waals surface area contributed by atoms with E-state index in [4.69, 9.17) is 21.1 Å². The number of benzene rings is 2. The molecule has 2 aromatic heterocycles. The Kier molecular flexibility index (Phi) is 4.44. The summed E-state index contributed by atoms with van der Waals surface area (Å²) in [4.78, 5) is 9.37. The number of nitrogens with zero attached hydrogens (tertiary/aromatic N) is 2. The summed E-state index contributed by atoms with van der Waals surface area (Å²) in [5, 5.41) is 2.79. The maximum atomic E-state index is 13.4. The van der Waals surface area contributed by atoms with Crippen LogP contribution < -0.4 is 9.47 Å². The summed E-state index contributed by atoms with van der Waals surface area (Å²) in [5.74, 6) is 1.08. The van der Waals surface area contributed by atoms with E-state index in [1.165, 1.54) is 35.9 Å². The van der Waals surface area contributed by atoms with Crippen molar-refractivity contribution in [3.8, 4) is 28.5 Å². The van der Waals surface area contributed by atoms with E-state index in [0.717, 1.165) is 27.1 Å². The lowest BCUT2D eigenvalue weighted by atomic mass is 10.1. The van der Waals surface area contributed by atoms with Gasteiger partial charge in [0.15, 0.2) is 0 Å². The van der Waals surface area contributed by atoms with Crippen LogP contribution in [0.3, 0.4) is 0 Å². The monoisotopic (exact) mass is 386 g/mol. The van der Waals surface area contributed by atoms with Crippen LogP contribution in [0, 0.1) is 5.82 Å². The zero-order valence-corrected chi connectivity index (χ0v) is 15.1. The van der Waals surface area contributed by atoms with Crippen LogP contribution >= 0.6 is 22.9 Å². The molecule has 0 spiro atoms. The Balaban J connectivity index is 1.79. The lowest BCUT2D eigenvalue weighted by Gasteiger charge is -2.08. The Morgan fingerprint density at radius 3 is 2.54 bits per heavy atom. The second-order valence-electron chi connectivity index (χ2n) is 5.41. The van der Waals surface area contributed by atoms with Crippen LogP contribution in [0.15, 0.2) is 54.2 Å². The van der Waals surface area contributed by atoms with Gasteiger partial charge in [-0.05, 0) is 29.8 Å². The summed E-state index contributed by atoms with van der Waals surface area (Å²) >= 11 is 7.34. The zero-order valence-electron chi connectivity index (χ0n) is 13.6. The van der Waals surface area contributed by atoms with Gasteiger partial charge >= 0.3 is 0 Å². The van der Waals surface area contributed by atoms with Crippen LogP contribution in [0.1, 0.15) is 0 Å². The third kappa shape index (κ3) is 3.09. The van der Waals surface area contributed by atoms with E-state index in [9.17, 15) is 4.39 Å². The summed E-state index contributed by atoms with van der Waals surface area (Å²) < 4.78 is 24.4. The molecule has 0 fully saturated rings. The number of rotatable bonds is 4. The first-order valence-electron chi connectivity index (χ1n) is 7.65. The van der Waals surface area contributed by atoms with Gasteiger partial charge in [-0.15, -0.1) is 11.3 Å². The van der Waals surface area contributed by atoms with Crippen molar-refractivity contribution in [1.82, 2.24) is 9.97 Å². The molecule has 0 aliphatic carbocycles. The second kappa shape index (κ2) is 6.90. The molecule has 4 rings (SSSR count). The molecular weight excluding hydrogens is 375 g/mol. The van der Waals surface area contributed by atoms with Crippen LogP contribution in [-0.4, -0.2) is 17.1 Å². The number of thiophene rings is 1. The minimum atomic E-state index is -0.499. The van der Waals surface area contributed by atoms with Gasteiger partial charge in [0, 0.05) is 17.0 Å². The average molecular weight is 387 g/mol. The number of fused-ring (bicyclic) bond motifs is 1. The molecular formula is C19H12ClFN2O2S. The van der Waals surface area contributed by atoms with Crippen molar-refractivity contribution in [2.75, 3.05) is 7.11 Å². The summed E-state index contributed by atoms with van der Waals surface area (Å²) in [6.45, 7) is 0. The number of halogens is 2. The third-order valence-electron chi connectivity index (χ3n) is 3.84. The van der Waals surface area contributed by atoms with Crippen molar-refractivity contribution in [3.63, 3.8) is 0 Å². The molecule has 0 radical (unpaired) electrons. The molecule has 0 aliphatic heterocycles. The fraction of sp³-hybridized carbons (Fsp3) is 0.0526. The summed E-state index contributed by atoms with van der Waals surface area (Å²) in [5.41, 5.74) is 1.95. The van der Waals surface area contributed by atoms with Crippen LogP contribution in [0.25, 0.3) is 21.3 Å². The van der Waals surface area contributed by atoms with Gasteiger partial charge < -0.3 is 9.47 Å². The maximum Gasteiger partial charge on any atom is 0.231 e. The van der Waals surface area contributed by atoms with Crippen molar-refractivity contribution in [3.05, 3.63) is 65.0 Å². The molecule has 0 amide bonds. The van der Waals surface area contributed by atoms with Gasteiger partial charge in [0.05, 0.1) is 17.5 Å².